The van der Waals surface area contributed by atoms with E-state index >= 15 is 0 Å². The Morgan fingerprint density at radius 2 is 1.85 bits per heavy atom. The molecule has 0 aromatic heterocycles. The third-order valence-corrected chi connectivity index (χ3v) is 6.68. The van der Waals surface area contributed by atoms with Gasteiger partial charge in [-0.15, -0.1) is 0 Å². The normalized spacial score (nSPS) is 16.7. The molecule has 2 N–H and O–H groups in total. The number of ether oxygens (including phenoxy) is 1. The SMILES string of the molecule is COCCNS(=O)(=O)c1ccc(Br)c(C(=O)NC2CCCCCCC2)c1. The number of carbonyl (C=O) groups is 1. The Bertz CT molecular complexity index is 701. The van der Waals surface area contributed by atoms with E-state index in [9.17, 15) is 13.2 Å². The molecule has 0 atom stereocenters. The number of amides is 1. The molecule has 0 heterocycles. The lowest BCUT2D eigenvalue weighted by molar-refractivity contribution is 0.0929. The summed E-state index contributed by atoms with van der Waals surface area (Å²) in [6, 6.07) is 4.64. The molecule has 1 aromatic rings. The molecule has 1 fully saturated rings. The zero-order valence-electron chi connectivity index (χ0n) is 15.1. The highest BCUT2D eigenvalue weighted by atomic mass is 79.9. The number of sulfonamides is 1. The van der Waals surface area contributed by atoms with Crippen molar-refractivity contribution in [3.05, 3.63) is 28.2 Å². The van der Waals surface area contributed by atoms with Crippen molar-refractivity contribution in [1.29, 1.82) is 0 Å². The van der Waals surface area contributed by atoms with Gasteiger partial charge in [0.25, 0.3) is 5.91 Å². The van der Waals surface area contributed by atoms with Crippen LogP contribution in [0.25, 0.3) is 0 Å². The molecule has 1 aromatic carbocycles. The van der Waals surface area contributed by atoms with Crippen LogP contribution in [-0.2, 0) is 14.8 Å². The van der Waals surface area contributed by atoms with Gasteiger partial charge in [0.15, 0.2) is 0 Å². The van der Waals surface area contributed by atoms with Crippen molar-refractivity contribution < 1.29 is 17.9 Å². The lowest BCUT2D eigenvalue weighted by Crippen LogP contribution is -2.35. The highest BCUT2D eigenvalue weighted by Gasteiger charge is 2.20. The molecule has 1 saturated carbocycles. The smallest absolute Gasteiger partial charge is 0.252 e. The van der Waals surface area contributed by atoms with E-state index in [1.807, 2.05) is 0 Å². The molecule has 1 aliphatic rings. The Morgan fingerprint density at radius 3 is 2.50 bits per heavy atom. The first kappa shape index (κ1) is 21.3. The van der Waals surface area contributed by atoms with Gasteiger partial charge in [-0.05, 0) is 47.0 Å². The van der Waals surface area contributed by atoms with Gasteiger partial charge in [0.1, 0.15) is 0 Å². The quantitative estimate of drug-likeness (QED) is 0.629. The van der Waals surface area contributed by atoms with E-state index in [1.165, 1.54) is 38.5 Å². The van der Waals surface area contributed by atoms with Crippen molar-refractivity contribution >= 4 is 31.9 Å². The van der Waals surface area contributed by atoms with E-state index in [0.29, 0.717) is 10.0 Å². The molecule has 0 spiro atoms. The summed E-state index contributed by atoms with van der Waals surface area (Å²) in [5.41, 5.74) is 0.335. The second-order valence-electron chi connectivity index (χ2n) is 6.55. The Morgan fingerprint density at radius 1 is 1.19 bits per heavy atom. The van der Waals surface area contributed by atoms with Crippen LogP contribution in [0.15, 0.2) is 27.6 Å². The van der Waals surface area contributed by atoms with Crippen molar-refractivity contribution in [3.8, 4) is 0 Å². The van der Waals surface area contributed by atoms with Crippen LogP contribution in [0.2, 0.25) is 0 Å². The van der Waals surface area contributed by atoms with E-state index in [4.69, 9.17) is 4.74 Å². The molecule has 6 nitrogen and oxygen atoms in total. The van der Waals surface area contributed by atoms with Crippen LogP contribution >= 0.6 is 15.9 Å². The molecular weight excluding hydrogens is 420 g/mol. The summed E-state index contributed by atoms with van der Waals surface area (Å²) in [5.74, 6) is -0.239. The lowest BCUT2D eigenvalue weighted by Gasteiger charge is -2.21. The summed E-state index contributed by atoms with van der Waals surface area (Å²) in [7, 11) is -2.17. The van der Waals surface area contributed by atoms with Crippen molar-refractivity contribution in [2.75, 3.05) is 20.3 Å². The second-order valence-corrected chi connectivity index (χ2v) is 9.17. The summed E-state index contributed by atoms with van der Waals surface area (Å²) in [6.45, 7) is 0.462. The minimum absolute atomic E-state index is 0.0691. The van der Waals surface area contributed by atoms with Gasteiger partial charge in [-0.2, -0.15) is 0 Å². The topological polar surface area (TPSA) is 84.5 Å². The fourth-order valence-corrected chi connectivity index (χ4v) is 4.54. The average Bonchev–Trinajstić information content (AvgIpc) is 2.57. The van der Waals surface area contributed by atoms with Gasteiger partial charge >= 0.3 is 0 Å². The largest absolute Gasteiger partial charge is 0.383 e. The molecule has 146 valence electrons. The number of carbonyl (C=O) groups excluding carboxylic acids is 1. The standard InChI is InChI=1S/C18H27BrN2O4S/c1-25-12-11-20-26(23,24)15-9-10-17(19)16(13-15)18(22)21-14-7-5-3-2-4-6-8-14/h9-10,13-14,20H,2-8,11-12H2,1H3,(H,21,22). The number of benzene rings is 1. The second kappa shape index (κ2) is 10.4. The Balaban J connectivity index is 2.11. The van der Waals surface area contributed by atoms with E-state index in [1.54, 1.807) is 6.07 Å². The highest BCUT2D eigenvalue weighted by molar-refractivity contribution is 9.10. The maximum atomic E-state index is 12.7. The Hall–Kier alpha value is -0.960. The first-order valence-corrected chi connectivity index (χ1v) is 11.3. The van der Waals surface area contributed by atoms with E-state index in [0.717, 1.165) is 25.7 Å². The highest BCUT2D eigenvalue weighted by Crippen LogP contribution is 2.23. The van der Waals surface area contributed by atoms with Gasteiger partial charge in [-0.3, -0.25) is 4.79 Å². The van der Waals surface area contributed by atoms with Gasteiger partial charge in [0.05, 0.1) is 17.1 Å². The molecule has 0 aliphatic heterocycles. The summed E-state index contributed by atoms with van der Waals surface area (Å²) < 4.78 is 32.6. The number of nitrogens with one attached hydrogen (secondary N) is 2. The molecule has 1 aliphatic carbocycles. The van der Waals surface area contributed by atoms with Crippen molar-refractivity contribution in [3.63, 3.8) is 0 Å². The Labute approximate surface area is 164 Å². The van der Waals surface area contributed by atoms with Gasteiger partial charge in [-0.25, -0.2) is 13.1 Å². The molecule has 26 heavy (non-hydrogen) atoms. The summed E-state index contributed by atoms with van der Waals surface area (Å²) in [6.07, 6.45) is 7.85. The summed E-state index contributed by atoms with van der Waals surface area (Å²) >= 11 is 3.36. The van der Waals surface area contributed by atoms with Crippen LogP contribution in [0.1, 0.15) is 55.3 Å². The molecule has 8 heteroatoms. The summed E-state index contributed by atoms with van der Waals surface area (Å²) in [4.78, 5) is 12.8. The maximum absolute atomic E-state index is 12.7. The first-order valence-electron chi connectivity index (χ1n) is 9.03. The van der Waals surface area contributed by atoms with Crippen LogP contribution in [0.4, 0.5) is 0 Å². The van der Waals surface area contributed by atoms with Crippen LogP contribution in [0.5, 0.6) is 0 Å². The zero-order valence-corrected chi connectivity index (χ0v) is 17.5. The average molecular weight is 447 g/mol. The molecular formula is C18H27BrN2O4S. The van der Waals surface area contributed by atoms with Gasteiger partial charge in [-0.1, -0.05) is 32.1 Å². The third-order valence-electron chi connectivity index (χ3n) is 4.53. The molecule has 2 rings (SSSR count). The predicted molar refractivity (Wildman–Crippen MR) is 105 cm³/mol. The number of hydrogen-bond donors (Lipinski definition) is 2. The maximum Gasteiger partial charge on any atom is 0.252 e. The molecule has 0 saturated heterocycles. The van der Waals surface area contributed by atoms with Crippen LogP contribution < -0.4 is 10.0 Å². The molecule has 0 bridgehead atoms. The van der Waals surface area contributed by atoms with Gasteiger partial charge < -0.3 is 10.1 Å². The van der Waals surface area contributed by atoms with Crippen LogP contribution in [-0.4, -0.2) is 40.6 Å². The number of hydrogen-bond acceptors (Lipinski definition) is 4. The lowest BCUT2D eigenvalue weighted by atomic mass is 9.96. The number of halogens is 1. The van der Waals surface area contributed by atoms with Crippen LogP contribution in [0, 0.1) is 0 Å². The van der Waals surface area contributed by atoms with E-state index in [2.05, 4.69) is 26.0 Å². The number of rotatable bonds is 7. The zero-order chi connectivity index (χ0) is 19.0. The Kier molecular flexibility index (Phi) is 8.53. The number of methoxy groups -OCH3 is 1. The minimum atomic E-state index is -3.68. The minimum Gasteiger partial charge on any atom is -0.383 e. The van der Waals surface area contributed by atoms with Gasteiger partial charge in [0, 0.05) is 24.2 Å². The summed E-state index contributed by atoms with van der Waals surface area (Å²) in [5, 5.41) is 3.07. The molecule has 1 amide bonds. The van der Waals surface area contributed by atoms with E-state index < -0.39 is 10.0 Å². The fourth-order valence-electron chi connectivity index (χ4n) is 3.07. The van der Waals surface area contributed by atoms with Crippen molar-refractivity contribution in [2.45, 2.75) is 55.9 Å². The fraction of sp³-hybridized carbons (Fsp3) is 0.611. The van der Waals surface area contributed by atoms with Gasteiger partial charge in [0.2, 0.25) is 10.0 Å². The van der Waals surface area contributed by atoms with Crippen molar-refractivity contribution in [2.24, 2.45) is 0 Å². The monoisotopic (exact) mass is 446 g/mol. The van der Waals surface area contributed by atoms with Crippen LogP contribution in [0.3, 0.4) is 0 Å². The molecule has 0 radical (unpaired) electrons. The molecule has 0 unspecified atom stereocenters. The third kappa shape index (κ3) is 6.33. The van der Waals surface area contributed by atoms with E-state index in [-0.39, 0.29) is 30.0 Å². The predicted octanol–water partition coefficient (Wildman–Crippen LogP) is 3.22. The van der Waals surface area contributed by atoms with Crippen molar-refractivity contribution in [1.82, 2.24) is 10.0 Å². The first-order chi connectivity index (χ1) is 12.4.